The van der Waals surface area contributed by atoms with E-state index in [1.165, 1.54) is 64.2 Å². The number of carboxylic acids is 2. The zero-order chi connectivity index (χ0) is 51.1. The summed E-state index contributed by atoms with van der Waals surface area (Å²) in [6.07, 6.45) is 24.6. The van der Waals surface area contributed by atoms with Gasteiger partial charge in [0.05, 0.1) is 39.6 Å². The Labute approximate surface area is 413 Å². The van der Waals surface area contributed by atoms with Crippen molar-refractivity contribution >= 4 is 47.8 Å². The highest BCUT2D eigenvalue weighted by Gasteiger charge is 2.17. The zero-order valence-electron chi connectivity index (χ0n) is 43.0. The number of unbranched alkanes of at least 4 members (excludes halogenated alkanes) is 15. The predicted molar refractivity (Wildman–Crippen MR) is 267 cm³/mol. The Hall–Kier alpha value is -4.24. The lowest BCUT2D eigenvalue weighted by molar-refractivity contribution is -0.138. The fourth-order valence-electron chi connectivity index (χ4n) is 6.44. The van der Waals surface area contributed by atoms with Crippen molar-refractivity contribution in [3.63, 3.8) is 0 Å². The van der Waals surface area contributed by atoms with Gasteiger partial charge in [-0.3, -0.25) is 33.6 Å². The van der Waals surface area contributed by atoms with Crippen LogP contribution in [0.2, 0.25) is 0 Å². The number of nitrogens with two attached hydrogens (primary N) is 1. The van der Waals surface area contributed by atoms with Crippen LogP contribution in [0.25, 0.3) is 0 Å². The lowest BCUT2D eigenvalue weighted by Crippen LogP contribution is -2.31. The van der Waals surface area contributed by atoms with E-state index >= 15 is 0 Å². The number of Topliss-reactive ketones (excluding diaryl/α,β-unsaturated/α-hetero) is 1. The lowest BCUT2D eigenvalue weighted by atomic mass is 10.0. The highest BCUT2D eigenvalue weighted by atomic mass is 16.5. The van der Waals surface area contributed by atoms with Crippen LogP contribution in [0.4, 0.5) is 0 Å². The number of hydrogen-bond donors (Lipinski definition) is 7. The smallest absolute Gasteiger partial charge is 0.303 e. The van der Waals surface area contributed by atoms with Gasteiger partial charge in [0.2, 0.25) is 30.0 Å². The third-order valence-electron chi connectivity index (χ3n) is 10.1. The molecule has 69 heavy (non-hydrogen) atoms. The molecule has 1 aliphatic rings. The number of likely N-dealkylation sites (tertiary alicyclic amines) is 1. The van der Waals surface area contributed by atoms with Gasteiger partial charge in [-0.1, -0.05) is 97.3 Å². The van der Waals surface area contributed by atoms with Crippen molar-refractivity contribution in [3.8, 4) is 0 Å². The summed E-state index contributed by atoms with van der Waals surface area (Å²) >= 11 is 0. The molecule has 1 rings (SSSR count). The number of rotatable bonds is 44. The molecule has 1 fully saturated rings. The topological polar surface area (TPSA) is 314 Å². The van der Waals surface area contributed by atoms with Gasteiger partial charge in [0.25, 0.3) is 0 Å². The van der Waals surface area contributed by atoms with E-state index in [0.717, 1.165) is 70.9 Å². The fourth-order valence-corrected chi connectivity index (χ4v) is 6.44. The summed E-state index contributed by atoms with van der Waals surface area (Å²) in [5.41, 5.74) is 5.10. The zero-order valence-corrected chi connectivity index (χ0v) is 43.0. The van der Waals surface area contributed by atoms with E-state index in [1.54, 1.807) is 6.92 Å². The summed E-state index contributed by atoms with van der Waals surface area (Å²) in [6.45, 7) is 10.5. The van der Waals surface area contributed by atoms with E-state index in [9.17, 15) is 38.4 Å². The number of carbonyl (C=O) groups excluding carboxylic acids is 6. The van der Waals surface area contributed by atoms with Crippen LogP contribution in [-0.4, -0.2) is 148 Å². The molecular weight excluding hydrogens is 897 g/mol. The molecule has 0 saturated carbocycles. The van der Waals surface area contributed by atoms with Gasteiger partial charge < -0.3 is 66.7 Å². The Kier molecular flexibility index (Phi) is 60.0. The molecule has 0 unspecified atom stereocenters. The second-order valence-electron chi connectivity index (χ2n) is 16.3. The van der Waals surface area contributed by atoms with Crippen LogP contribution >= 0.6 is 0 Å². The molecule has 10 N–H and O–H groups in total. The average Bonchev–Trinajstić information content (AvgIpc) is 3.86. The normalized spacial score (nSPS) is 11.3. The molecule has 1 heterocycles. The van der Waals surface area contributed by atoms with Gasteiger partial charge in [-0.2, -0.15) is 0 Å². The number of primary amides is 1. The summed E-state index contributed by atoms with van der Waals surface area (Å²) < 4.78 is 20.9. The number of nitrogens with zero attached hydrogens (tertiary/aromatic N) is 1. The van der Waals surface area contributed by atoms with E-state index in [0.29, 0.717) is 84.6 Å². The molecule has 5 amide bonds. The first-order valence-corrected chi connectivity index (χ1v) is 25.4. The maximum atomic E-state index is 11.6. The van der Waals surface area contributed by atoms with Gasteiger partial charge in [-0.25, -0.2) is 0 Å². The SMILES string of the molecule is CC.CC(=O)CCCCCNC(=O)COCCOCCNC(=O)COCCOCCNC=O.N.NC(=O)CCCCCCCCCCCCCCCCC(=O)O.O=C(O)CCCC(=O)N1CCCC1. The molecule has 0 atom stereocenters. The number of aliphatic carboxylic acids is 2. The van der Waals surface area contributed by atoms with Crippen molar-refractivity contribution in [1.82, 2.24) is 27.0 Å². The highest BCUT2D eigenvalue weighted by molar-refractivity contribution is 5.78. The number of carbonyl (C=O) groups is 8. The standard InChI is InChI=1S/C20H37N3O8.C18H35NO3.C9H15NO3.C2H6.H3N/c1-18(25)5-3-2-4-6-22-19(26)15-30-14-12-29-10-8-23-20(27)16-31-13-11-28-9-7-21-17-24;19-17(20)15-13-11-9-7-5-3-1-2-4-6-8-10-12-14-16-18(21)22;11-8(4-3-5-9(12)13)10-6-1-2-7-10;1-2;/h17H,2-16H2,1H3,(H,21,24)(H,22,26)(H,23,27);1-16H2,(H2,19,20)(H,21,22);1-7H2,(H,12,13);1-2H3;1H3. The van der Waals surface area contributed by atoms with Crippen LogP contribution in [0.15, 0.2) is 0 Å². The van der Waals surface area contributed by atoms with E-state index in [2.05, 4.69) is 16.0 Å². The first-order valence-electron chi connectivity index (χ1n) is 25.4. The highest BCUT2D eigenvalue weighted by Crippen LogP contribution is 2.14. The van der Waals surface area contributed by atoms with Crippen LogP contribution < -0.4 is 27.8 Å². The minimum absolute atomic E-state index is 0. The Bertz CT molecular complexity index is 1230. The minimum Gasteiger partial charge on any atom is -0.481 e. The van der Waals surface area contributed by atoms with Crippen molar-refractivity contribution in [2.75, 3.05) is 85.6 Å². The molecule has 406 valence electrons. The van der Waals surface area contributed by atoms with E-state index in [-0.39, 0.29) is 68.4 Å². The number of hydrogen-bond acceptors (Lipinski definition) is 13. The molecular formula is C49H96N6O14. The van der Waals surface area contributed by atoms with Crippen molar-refractivity contribution < 1.29 is 67.5 Å². The molecule has 0 aromatic heterocycles. The molecule has 0 spiro atoms. The minimum atomic E-state index is -0.825. The maximum absolute atomic E-state index is 11.6. The fraction of sp³-hybridized carbons (Fsp3) is 0.837. The molecule has 0 aliphatic carbocycles. The number of nitrogens with one attached hydrogen (secondary N) is 3. The summed E-state index contributed by atoms with van der Waals surface area (Å²) in [5, 5.41) is 24.8. The van der Waals surface area contributed by atoms with Gasteiger partial charge in [0, 0.05) is 64.8 Å². The Balaban J connectivity index is -0.000000482. The molecule has 0 aromatic carbocycles. The van der Waals surface area contributed by atoms with E-state index in [4.69, 9.17) is 34.9 Å². The summed E-state index contributed by atoms with van der Waals surface area (Å²) in [5.74, 6) is -1.81. The molecule has 0 aromatic rings. The van der Waals surface area contributed by atoms with Crippen LogP contribution in [-0.2, 0) is 57.3 Å². The Morgan fingerprint density at radius 1 is 0.507 bits per heavy atom. The number of ether oxygens (including phenoxy) is 4. The molecule has 20 nitrogen and oxygen atoms in total. The maximum Gasteiger partial charge on any atom is 0.303 e. The van der Waals surface area contributed by atoms with Crippen LogP contribution in [0, 0.1) is 0 Å². The van der Waals surface area contributed by atoms with Gasteiger partial charge in [-0.05, 0) is 51.9 Å². The van der Waals surface area contributed by atoms with Crippen molar-refractivity contribution in [2.45, 2.75) is 181 Å². The number of amides is 5. The predicted octanol–water partition coefficient (Wildman–Crippen LogP) is 6.03. The molecule has 20 heteroatoms. The van der Waals surface area contributed by atoms with Crippen LogP contribution in [0.1, 0.15) is 181 Å². The lowest BCUT2D eigenvalue weighted by Gasteiger charge is -2.14. The largest absolute Gasteiger partial charge is 0.481 e. The molecule has 1 aliphatic heterocycles. The second-order valence-corrected chi connectivity index (χ2v) is 16.3. The van der Waals surface area contributed by atoms with E-state index < -0.39 is 11.9 Å². The van der Waals surface area contributed by atoms with Crippen molar-refractivity contribution in [1.29, 1.82) is 0 Å². The molecule has 0 radical (unpaired) electrons. The second kappa shape index (κ2) is 58.1. The van der Waals surface area contributed by atoms with Gasteiger partial charge in [0.15, 0.2) is 0 Å². The first-order chi connectivity index (χ1) is 32.9. The first kappa shape index (κ1) is 71.3. The number of ketones is 1. The van der Waals surface area contributed by atoms with Crippen molar-refractivity contribution in [2.24, 2.45) is 5.73 Å². The van der Waals surface area contributed by atoms with Gasteiger partial charge in [-0.15, -0.1) is 0 Å². The number of carboxylic acid groups (broad SMARTS) is 2. The third kappa shape index (κ3) is 63.8. The quantitative estimate of drug-likeness (QED) is 0.0271. The van der Waals surface area contributed by atoms with Crippen LogP contribution in [0.5, 0.6) is 0 Å². The molecule has 1 saturated heterocycles. The van der Waals surface area contributed by atoms with Crippen LogP contribution in [0.3, 0.4) is 0 Å². The van der Waals surface area contributed by atoms with E-state index in [1.807, 2.05) is 18.7 Å². The van der Waals surface area contributed by atoms with Gasteiger partial charge in [0.1, 0.15) is 19.0 Å². The monoisotopic (exact) mass is 993 g/mol. The van der Waals surface area contributed by atoms with Crippen molar-refractivity contribution in [3.05, 3.63) is 0 Å². The average molecular weight is 993 g/mol. The Morgan fingerprint density at radius 3 is 1.35 bits per heavy atom. The molecule has 0 bridgehead atoms. The summed E-state index contributed by atoms with van der Waals surface area (Å²) in [6, 6.07) is 0. The summed E-state index contributed by atoms with van der Waals surface area (Å²) in [7, 11) is 0. The summed E-state index contributed by atoms with van der Waals surface area (Å²) in [4.78, 5) is 88.2. The Morgan fingerprint density at radius 2 is 0.899 bits per heavy atom. The van der Waals surface area contributed by atoms with Gasteiger partial charge >= 0.3 is 11.9 Å². The third-order valence-corrected chi connectivity index (χ3v) is 10.1.